The summed E-state index contributed by atoms with van der Waals surface area (Å²) in [6.07, 6.45) is 2.45. The van der Waals surface area contributed by atoms with Crippen molar-refractivity contribution in [3.8, 4) is 0 Å². The minimum Gasteiger partial charge on any atom is -0.336 e. The van der Waals surface area contributed by atoms with E-state index in [1.807, 2.05) is 11.8 Å². The summed E-state index contributed by atoms with van der Waals surface area (Å²) in [6.45, 7) is 5.29. The molecule has 5 heteroatoms. The highest BCUT2D eigenvalue weighted by molar-refractivity contribution is 8.00. The van der Waals surface area contributed by atoms with E-state index in [9.17, 15) is 4.39 Å². The van der Waals surface area contributed by atoms with Crippen molar-refractivity contribution in [3.63, 3.8) is 0 Å². The SMILES string of the molecule is CC1SCCN(c2ncc(F)cn2)C1C. The van der Waals surface area contributed by atoms with Crippen molar-refractivity contribution in [1.29, 1.82) is 0 Å². The zero-order valence-corrected chi connectivity index (χ0v) is 9.67. The molecule has 2 atom stereocenters. The van der Waals surface area contributed by atoms with E-state index < -0.39 is 0 Å². The van der Waals surface area contributed by atoms with Crippen LogP contribution in [0, 0.1) is 5.82 Å². The first-order valence-electron chi connectivity index (χ1n) is 5.04. The van der Waals surface area contributed by atoms with Gasteiger partial charge in [0.2, 0.25) is 5.95 Å². The summed E-state index contributed by atoms with van der Waals surface area (Å²) in [6, 6.07) is 0.397. The van der Waals surface area contributed by atoms with Crippen LogP contribution in [0.2, 0.25) is 0 Å². The van der Waals surface area contributed by atoms with Crippen LogP contribution in [0.25, 0.3) is 0 Å². The van der Waals surface area contributed by atoms with Gasteiger partial charge in [0.1, 0.15) is 0 Å². The molecule has 1 aliphatic rings. The molecular formula is C10H14FN3S. The number of hydrogen-bond donors (Lipinski definition) is 0. The fourth-order valence-electron chi connectivity index (χ4n) is 1.67. The monoisotopic (exact) mass is 227 g/mol. The molecule has 0 aromatic carbocycles. The molecule has 2 rings (SSSR count). The minimum absolute atomic E-state index is 0.383. The Balaban J connectivity index is 2.18. The highest BCUT2D eigenvalue weighted by atomic mass is 32.2. The van der Waals surface area contributed by atoms with Gasteiger partial charge in [-0.15, -0.1) is 0 Å². The minimum atomic E-state index is -0.383. The van der Waals surface area contributed by atoms with Gasteiger partial charge in [-0.25, -0.2) is 14.4 Å². The molecule has 82 valence electrons. The number of aromatic nitrogens is 2. The topological polar surface area (TPSA) is 29.0 Å². The second-order valence-corrected chi connectivity index (χ2v) is 5.20. The number of nitrogens with zero attached hydrogens (tertiary/aromatic N) is 3. The lowest BCUT2D eigenvalue weighted by Crippen LogP contribution is -2.45. The smallest absolute Gasteiger partial charge is 0.225 e. The highest BCUT2D eigenvalue weighted by Gasteiger charge is 2.26. The summed E-state index contributed by atoms with van der Waals surface area (Å²) in [4.78, 5) is 10.2. The number of thioether (sulfide) groups is 1. The first-order chi connectivity index (χ1) is 7.18. The Morgan fingerprint density at radius 2 is 2.07 bits per heavy atom. The van der Waals surface area contributed by atoms with E-state index in [0.29, 0.717) is 17.2 Å². The molecule has 2 heterocycles. The Hall–Kier alpha value is -0.840. The highest BCUT2D eigenvalue weighted by Crippen LogP contribution is 2.26. The van der Waals surface area contributed by atoms with Gasteiger partial charge in [-0.2, -0.15) is 11.8 Å². The Bertz CT molecular complexity index is 330. The Morgan fingerprint density at radius 3 is 2.73 bits per heavy atom. The molecule has 0 amide bonds. The number of anilines is 1. The molecule has 1 aromatic rings. The third-order valence-corrected chi connectivity index (χ3v) is 4.09. The molecule has 1 saturated heterocycles. The van der Waals surface area contributed by atoms with Crippen LogP contribution in [-0.2, 0) is 0 Å². The van der Waals surface area contributed by atoms with E-state index in [0.717, 1.165) is 12.3 Å². The van der Waals surface area contributed by atoms with Gasteiger partial charge in [-0.3, -0.25) is 0 Å². The Labute approximate surface area is 93.1 Å². The molecule has 15 heavy (non-hydrogen) atoms. The Morgan fingerprint density at radius 1 is 1.40 bits per heavy atom. The summed E-state index contributed by atoms with van der Waals surface area (Å²) < 4.78 is 12.7. The third-order valence-electron chi connectivity index (χ3n) is 2.75. The van der Waals surface area contributed by atoms with Gasteiger partial charge in [0.05, 0.1) is 12.4 Å². The van der Waals surface area contributed by atoms with Crippen LogP contribution in [-0.4, -0.2) is 33.6 Å². The average Bonchev–Trinajstić information content (AvgIpc) is 2.24. The van der Waals surface area contributed by atoms with Crippen LogP contribution in [0.4, 0.5) is 10.3 Å². The van der Waals surface area contributed by atoms with Gasteiger partial charge < -0.3 is 4.90 Å². The predicted molar refractivity (Wildman–Crippen MR) is 60.7 cm³/mol. The van der Waals surface area contributed by atoms with E-state index in [2.05, 4.69) is 28.7 Å². The van der Waals surface area contributed by atoms with E-state index in [1.165, 1.54) is 12.4 Å². The first-order valence-corrected chi connectivity index (χ1v) is 6.09. The standard InChI is InChI=1S/C10H14FN3S/c1-7-8(2)15-4-3-14(7)10-12-5-9(11)6-13-10/h5-8H,3-4H2,1-2H3. The lowest BCUT2D eigenvalue weighted by molar-refractivity contribution is 0.591. The van der Waals surface area contributed by atoms with Crippen LogP contribution in [0.3, 0.4) is 0 Å². The molecule has 0 bridgehead atoms. The summed E-state index contributed by atoms with van der Waals surface area (Å²) in [7, 11) is 0. The molecule has 1 aliphatic heterocycles. The van der Waals surface area contributed by atoms with Gasteiger partial charge in [0.25, 0.3) is 0 Å². The lowest BCUT2D eigenvalue weighted by Gasteiger charge is -2.37. The third kappa shape index (κ3) is 2.22. The van der Waals surface area contributed by atoms with E-state index in [1.54, 1.807) is 0 Å². The molecule has 0 spiro atoms. The van der Waals surface area contributed by atoms with Crippen molar-refractivity contribution >= 4 is 17.7 Å². The normalized spacial score (nSPS) is 26.7. The van der Waals surface area contributed by atoms with Gasteiger partial charge in [0, 0.05) is 23.6 Å². The maximum atomic E-state index is 12.7. The molecule has 1 aromatic heterocycles. The van der Waals surface area contributed by atoms with Crippen LogP contribution in [0.5, 0.6) is 0 Å². The molecule has 2 unspecified atom stereocenters. The van der Waals surface area contributed by atoms with Gasteiger partial charge in [-0.05, 0) is 6.92 Å². The first kappa shape index (κ1) is 10.7. The van der Waals surface area contributed by atoms with Crippen LogP contribution in [0.15, 0.2) is 12.4 Å². The fourth-order valence-corrected chi connectivity index (χ4v) is 2.77. The van der Waals surface area contributed by atoms with Crippen LogP contribution in [0.1, 0.15) is 13.8 Å². The van der Waals surface area contributed by atoms with Gasteiger partial charge in [0.15, 0.2) is 5.82 Å². The molecular weight excluding hydrogens is 213 g/mol. The van der Waals surface area contributed by atoms with Crippen molar-refractivity contribution in [2.75, 3.05) is 17.2 Å². The van der Waals surface area contributed by atoms with Crippen molar-refractivity contribution in [3.05, 3.63) is 18.2 Å². The average molecular weight is 227 g/mol. The molecule has 3 nitrogen and oxygen atoms in total. The molecule has 0 N–H and O–H groups in total. The zero-order valence-electron chi connectivity index (χ0n) is 8.85. The zero-order chi connectivity index (χ0) is 10.8. The quantitative estimate of drug-likeness (QED) is 0.733. The summed E-state index contributed by atoms with van der Waals surface area (Å²) in [5.74, 6) is 1.33. The van der Waals surface area contributed by atoms with Crippen molar-refractivity contribution in [2.45, 2.75) is 25.1 Å². The molecule has 1 fully saturated rings. The van der Waals surface area contributed by atoms with Crippen molar-refractivity contribution in [2.24, 2.45) is 0 Å². The van der Waals surface area contributed by atoms with Crippen molar-refractivity contribution < 1.29 is 4.39 Å². The second kappa shape index (κ2) is 4.35. The molecule has 0 saturated carbocycles. The maximum Gasteiger partial charge on any atom is 0.225 e. The van der Waals surface area contributed by atoms with E-state index >= 15 is 0 Å². The molecule has 0 aliphatic carbocycles. The number of hydrogen-bond acceptors (Lipinski definition) is 4. The summed E-state index contributed by atoms with van der Waals surface area (Å²) in [5, 5.41) is 0.562. The largest absolute Gasteiger partial charge is 0.336 e. The molecule has 0 radical (unpaired) electrons. The lowest BCUT2D eigenvalue weighted by atomic mass is 10.2. The number of halogens is 1. The van der Waals surface area contributed by atoms with E-state index in [-0.39, 0.29) is 5.82 Å². The van der Waals surface area contributed by atoms with Gasteiger partial charge in [-0.1, -0.05) is 6.92 Å². The van der Waals surface area contributed by atoms with Crippen LogP contribution < -0.4 is 4.90 Å². The summed E-state index contributed by atoms with van der Waals surface area (Å²) >= 11 is 1.96. The van der Waals surface area contributed by atoms with Crippen LogP contribution >= 0.6 is 11.8 Å². The van der Waals surface area contributed by atoms with E-state index in [4.69, 9.17) is 0 Å². The second-order valence-electron chi connectivity index (χ2n) is 3.71. The summed E-state index contributed by atoms with van der Waals surface area (Å²) in [5.41, 5.74) is 0. The fraction of sp³-hybridized carbons (Fsp3) is 0.600. The van der Waals surface area contributed by atoms with Gasteiger partial charge >= 0.3 is 0 Å². The maximum absolute atomic E-state index is 12.7. The predicted octanol–water partition coefficient (Wildman–Crippen LogP) is 1.95. The Kier molecular flexibility index (Phi) is 3.09. The van der Waals surface area contributed by atoms with Crippen molar-refractivity contribution in [1.82, 2.24) is 9.97 Å². The number of rotatable bonds is 1.